The van der Waals surface area contributed by atoms with Gasteiger partial charge in [-0.1, -0.05) is 42.5 Å². The first-order valence-electron chi connectivity index (χ1n) is 8.20. The van der Waals surface area contributed by atoms with Crippen molar-refractivity contribution in [3.05, 3.63) is 54.6 Å². The molecular weight excluding hydrogens is 318 g/mol. The van der Waals surface area contributed by atoms with Gasteiger partial charge in [0.1, 0.15) is 6.10 Å². The average molecular weight is 339 g/mol. The molecule has 1 aliphatic heterocycles. The van der Waals surface area contributed by atoms with Crippen molar-refractivity contribution in [2.24, 2.45) is 5.73 Å². The summed E-state index contributed by atoms with van der Waals surface area (Å²) in [6, 6.07) is 17.8. The van der Waals surface area contributed by atoms with Gasteiger partial charge in [0.05, 0.1) is 13.2 Å². The highest BCUT2D eigenvalue weighted by molar-refractivity contribution is 5.92. The van der Waals surface area contributed by atoms with E-state index >= 15 is 0 Å². The first-order chi connectivity index (χ1) is 12.1. The predicted molar refractivity (Wildman–Crippen MR) is 95.9 cm³/mol. The normalized spacial score (nSPS) is 17.8. The Balaban J connectivity index is 1.55. The number of hydrogen-bond acceptors (Lipinski definition) is 4. The first kappa shape index (κ1) is 17.1. The van der Waals surface area contributed by atoms with Crippen LogP contribution in [0.15, 0.2) is 54.6 Å². The minimum absolute atomic E-state index is 0.127. The third kappa shape index (κ3) is 4.65. The lowest BCUT2D eigenvalue weighted by atomic mass is 10.1. The van der Waals surface area contributed by atoms with Gasteiger partial charge in [-0.2, -0.15) is 0 Å². The average Bonchev–Trinajstić information content (AvgIpc) is 2.63. The van der Waals surface area contributed by atoms with E-state index in [1.807, 2.05) is 59.5 Å². The maximum absolute atomic E-state index is 12.2. The number of primary amides is 1. The lowest BCUT2D eigenvalue weighted by Gasteiger charge is -2.30. The monoisotopic (exact) mass is 339 g/mol. The molecule has 1 atom stereocenters. The van der Waals surface area contributed by atoms with Gasteiger partial charge in [0, 0.05) is 18.8 Å². The highest BCUT2D eigenvalue weighted by atomic mass is 16.5. The van der Waals surface area contributed by atoms with E-state index in [1.54, 1.807) is 0 Å². The van der Waals surface area contributed by atoms with E-state index in [0.29, 0.717) is 19.7 Å². The fourth-order valence-electron chi connectivity index (χ4n) is 2.80. The van der Waals surface area contributed by atoms with Crippen LogP contribution in [0.1, 0.15) is 0 Å². The number of carbonyl (C=O) groups is 2. The molecule has 6 heteroatoms. The van der Waals surface area contributed by atoms with Crippen LogP contribution in [0.25, 0.3) is 11.1 Å². The van der Waals surface area contributed by atoms with E-state index < -0.39 is 12.0 Å². The van der Waals surface area contributed by atoms with Crippen molar-refractivity contribution in [1.29, 1.82) is 0 Å². The topological polar surface area (TPSA) is 84.7 Å². The highest BCUT2D eigenvalue weighted by Crippen LogP contribution is 2.21. The van der Waals surface area contributed by atoms with Gasteiger partial charge in [-0.05, 0) is 23.3 Å². The van der Waals surface area contributed by atoms with E-state index in [4.69, 9.17) is 10.5 Å². The minimum atomic E-state index is -0.647. The molecule has 1 aliphatic rings. The van der Waals surface area contributed by atoms with Gasteiger partial charge in [0.15, 0.2) is 0 Å². The van der Waals surface area contributed by atoms with Crippen LogP contribution in [0.2, 0.25) is 0 Å². The molecule has 1 fully saturated rings. The van der Waals surface area contributed by atoms with Crippen LogP contribution in [0.5, 0.6) is 0 Å². The molecule has 25 heavy (non-hydrogen) atoms. The Labute approximate surface area is 146 Å². The fraction of sp³-hybridized carbons (Fsp3) is 0.263. The summed E-state index contributed by atoms with van der Waals surface area (Å²) in [5.41, 5.74) is 8.22. The van der Waals surface area contributed by atoms with Crippen molar-refractivity contribution >= 4 is 17.5 Å². The Bertz CT molecular complexity index is 731. The van der Waals surface area contributed by atoms with E-state index in [-0.39, 0.29) is 12.5 Å². The number of nitrogens with two attached hydrogens (primary N) is 1. The van der Waals surface area contributed by atoms with Crippen LogP contribution in [0, 0.1) is 0 Å². The fourth-order valence-corrected chi connectivity index (χ4v) is 2.80. The second-order valence-corrected chi connectivity index (χ2v) is 5.99. The summed E-state index contributed by atoms with van der Waals surface area (Å²) in [6.07, 6.45) is -0.647. The molecule has 3 N–H and O–H groups in total. The lowest BCUT2D eigenvalue weighted by Crippen LogP contribution is -2.50. The Hall–Kier alpha value is -2.70. The number of nitrogens with zero attached hydrogens (tertiary/aromatic N) is 1. The van der Waals surface area contributed by atoms with Crippen molar-refractivity contribution in [3.63, 3.8) is 0 Å². The molecule has 2 amide bonds. The van der Waals surface area contributed by atoms with Crippen molar-refractivity contribution in [3.8, 4) is 11.1 Å². The number of amides is 2. The van der Waals surface area contributed by atoms with Crippen LogP contribution in [-0.4, -0.2) is 49.1 Å². The van der Waals surface area contributed by atoms with Gasteiger partial charge >= 0.3 is 0 Å². The molecule has 1 heterocycles. The van der Waals surface area contributed by atoms with Gasteiger partial charge in [0.2, 0.25) is 11.8 Å². The minimum Gasteiger partial charge on any atom is -0.367 e. The number of morpholine rings is 1. The van der Waals surface area contributed by atoms with E-state index in [2.05, 4.69) is 5.32 Å². The largest absolute Gasteiger partial charge is 0.367 e. The molecule has 3 rings (SSSR count). The summed E-state index contributed by atoms with van der Waals surface area (Å²) in [7, 11) is 0. The van der Waals surface area contributed by atoms with Crippen molar-refractivity contribution in [2.45, 2.75) is 6.10 Å². The number of hydrogen-bond donors (Lipinski definition) is 2. The molecule has 0 radical (unpaired) electrons. The maximum Gasteiger partial charge on any atom is 0.247 e. The second kappa shape index (κ2) is 7.92. The molecule has 2 aromatic rings. The zero-order chi connectivity index (χ0) is 17.6. The molecule has 0 unspecified atom stereocenters. The van der Waals surface area contributed by atoms with Gasteiger partial charge in [0.25, 0.3) is 0 Å². The molecule has 0 aliphatic carbocycles. The molecular formula is C19H21N3O3. The Morgan fingerprint density at radius 1 is 1.08 bits per heavy atom. The smallest absolute Gasteiger partial charge is 0.247 e. The first-order valence-corrected chi connectivity index (χ1v) is 8.20. The van der Waals surface area contributed by atoms with Crippen LogP contribution in [-0.2, 0) is 14.3 Å². The van der Waals surface area contributed by atoms with Crippen molar-refractivity contribution in [2.75, 3.05) is 31.6 Å². The Kier molecular flexibility index (Phi) is 5.42. The number of benzene rings is 2. The quantitative estimate of drug-likeness (QED) is 0.864. The van der Waals surface area contributed by atoms with Crippen molar-refractivity contribution in [1.82, 2.24) is 4.90 Å². The van der Waals surface area contributed by atoms with Crippen LogP contribution in [0.3, 0.4) is 0 Å². The maximum atomic E-state index is 12.2. The Morgan fingerprint density at radius 2 is 1.76 bits per heavy atom. The zero-order valence-electron chi connectivity index (χ0n) is 13.9. The molecule has 2 aromatic carbocycles. The number of carbonyl (C=O) groups excluding carboxylic acids is 2. The molecule has 1 saturated heterocycles. The lowest BCUT2D eigenvalue weighted by molar-refractivity contribution is -0.136. The van der Waals surface area contributed by atoms with E-state index in [1.165, 1.54) is 0 Å². The molecule has 0 bridgehead atoms. The van der Waals surface area contributed by atoms with Gasteiger partial charge in [-0.25, -0.2) is 0 Å². The summed E-state index contributed by atoms with van der Waals surface area (Å²) < 4.78 is 5.28. The highest BCUT2D eigenvalue weighted by Gasteiger charge is 2.25. The summed E-state index contributed by atoms with van der Waals surface area (Å²) in [6.45, 7) is 1.54. The van der Waals surface area contributed by atoms with Crippen molar-refractivity contribution < 1.29 is 14.3 Å². The number of nitrogens with one attached hydrogen (secondary N) is 1. The van der Waals surface area contributed by atoms with Gasteiger partial charge < -0.3 is 15.8 Å². The second-order valence-electron chi connectivity index (χ2n) is 5.99. The summed E-state index contributed by atoms with van der Waals surface area (Å²) >= 11 is 0. The summed E-state index contributed by atoms with van der Waals surface area (Å²) in [5, 5.41) is 2.87. The number of ether oxygens (including phenoxy) is 1. The summed E-state index contributed by atoms with van der Waals surface area (Å²) in [4.78, 5) is 25.3. The Morgan fingerprint density at radius 3 is 2.44 bits per heavy atom. The van der Waals surface area contributed by atoms with Crippen LogP contribution < -0.4 is 11.1 Å². The number of rotatable bonds is 5. The molecule has 0 saturated carbocycles. The van der Waals surface area contributed by atoms with Crippen LogP contribution >= 0.6 is 0 Å². The predicted octanol–water partition coefficient (Wildman–Crippen LogP) is 1.48. The van der Waals surface area contributed by atoms with E-state index in [9.17, 15) is 9.59 Å². The molecule has 6 nitrogen and oxygen atoms in total. The zero-order valence-corrected chi connectivity index (χ0v) is 13.9. The van der Waals surface area contributed by atoms with Gasteiger partial charge in [-0.15, -0.1) is 0 Å². The standard InChI is InChI=1S/C19H21N3O3/c20-19(24)17-12-22(10-11-25-17)13-18(23)21-16-8-6-15(7-9-16)14-4-2-1-3-5-14/h1-9,17H,10-13H2,(H2,20,24)(H,21,23)/t17-/m1/s1. The molecule has 130 valence electrons. The van der Waals surface area contributed by atoms with Gasteiger partial charge in [-0.3, -0.25) is 14.5 Å². The van der Waals surface area contributed by atoms with E-state index in [0.717, 1.165) is 16.8 Å². The van der Waals surface area contributed by atoms with Crippen LogP contribution in [0.4, 0.5) is 5.69 Å². The SMILES string of the molecule is NC(=O)[C@H]1CN(CC(=O)Nc2ccc(-c3ccccc3)cc2)CCO1. The third-order valence-corrected chi connectivity index (χ3v) is 4.11. The molecule has 0 aromatic heterocycles. The summed E-state index contributed by atoms with van der Waals surface area (Å²) in [5.74, 6) is -0.626. The number of anilines is 1. The molecule has 0 spiro atoms. The third-order valence-electron chi connectivity index (χ3n) is 4.11.